The first-order valence-corrected chi connectivity index (χ1v) is 21.8. The molecule has 2 aliphatic rings. The summed E-state index contributed by atoms with van der Waals surface area (Å²) in [5, 5.41) is 0. The second-order valence-corrected chi connectivity index (χ2v) is 16.4. The number of fused-ring (bicyclic) bond motifs is 6. The number of benzene rings is 7. The second-order valence-electron chi connectivity index (χ2n) is 16.4. The molecule has 0 spiro atoms. The van der Waals surface area contributed by atoms with Gasteiger partial charge in [-0.1, -0.05) is 146 Å². The average molecular weight is 1010 g/mol. The number of rotatable bonds is 8. The molecular formula is C61H39N3Pt. The molecule has 0 aliphatic heterocycles. The van der Waals surface area contributed by atoms with Crippen LogP contribution in [0.2, 0.25) is 0 Å². The van der Waals surface area contributed by atoms with Gasteiger partial charge in [-0.05, 0) is 92.0 Å². The van der Waals surface area contributed by atoms with Crippen LogP contribution >= 0.6 is 0 Å². The van der Waals surface area contributed by atoms with Crippen molar-refractivity contribution in [3.05, 3.63) is 316 Å². The molecule has 0 fully saturated rings. The third-order valence-electron chi connectivity index (χ3n) is 13.2. The van der Waals surface area contributed by atoms with Gasteiger partial charge >= 0.3 is 21.1 Å². The average Bonchev–Trinajstić information content (AvgIpc) is 3.86. The summed E-state index contributed by atoms with van der Waals surface area (Å²) in [5.74, 6) is 0. The maximum absolute atomic E-state index is 5.14. The fraction of sp³-hybridized carbons (Fsp3) is 0.0328. The predicted octanol–water partition coefficient (Wildman–Crippen LogP) is 13.2. The van der Waals surface area contributed by atoms with Crippen LogP contribution in [-0.4, -0.2) is 15.0 Å². The van der Waals surface area contributed by atoms with E-state index in [9.17, 15) is 0 Å². The van der Waals surface area contributed by atoms with Gasteiger partial charge in [0.15, 0.2) is 0 Å². The number of nitrogens with zero attached hydrogens (tertiary/aromatic N) is 3. The molecule has 12 rings (SSSR count). The first-order valence-electron chi connectivity index (χ1n) is 21.8. The molecule has 0 amide bonds. The Balaban J connectivity index is 0.00000469. The van der Waals surface area contributed by atoms with Gasteiger partial charge in [0.2, 0.25) is 0 Å². The normalized spacial score (nSPS) is 13.4. The minimum Gasteiger partial charge on any atom is -0.260 e. The number of hydrogen-bond donors (Lipinski definition) is 0. The van der Waals surface area contributed by atoms with E-state index >= 15 is 0 Å². The van der Waals surface area contributed by atoms with Crippen molar-refractivity contribution in [2.24, 2.45) is 0 Å². The molecule has 7 aromatic carbocycles. The van der Waals surface area contributed by atoms with Crippen molar-refractivity contribution in [3.8, 4) is 22.3 Å². The van der Waals surface area contributed by atoms with E-state index in [2.05, 4.69) is 212 Å². The number of hydrogen-bond acceptors (Lipinski definition) is 3. The SMILES string of the molecule is [Pt+2].[c-]1c(C(=C(c2ccccc2)c2ccccn2)c2[c-]c(C3(c4ccccn4)c4ccccc4-c4ccccc43)ccc2)cccc1C1(c2ccccn2)c2ccccc2-c2ccccc21. The van der Waals surface area contributed by atoms with E-state index in [1.54, 1.807) is 0 Å². The van der Waals surface area contributed by atoms with Crippen molar-refractivity contribution in [2.75, 3.05) is 0 Å². The van der Waals surface area contributed by atoms with Gasteiger partial charge in [-0.3, -0.25) is 15.0 Å². The van der Waals surface area contributed by atoms with Crippen LogP contribution in [0.25, 0.3) is 33.4 Å². The van der Waals surface area contributed by atoms with Crippen molar-refractivity contribution >= 4 is 11.1 Å². The van der Waals surface area contributed by atoms with E-state index in [-0.39, 0.29) is 21.1 Å². The van der Waals surface area contributed by atoms with Crippen molar-refractivity contribution in [2.45, 2.75) is 10.8 Å². The first kappa shape index (κ1) is 40.2. The summed E-state index contributed by atoms with van der Waals surface area (Å²) in [4.78, 5) is 15.4. The van der Waals surface area contributed by atoms with E-state index in [0.717, 1.165) is 56.0 Å². The number of aromatic nitrogens is 3. The van der Waals surface area contributed by atoms with Crippen LogP contribution in [-0.2, 0) is 31.9 Å². The standard InChI is InChI=1S/C61H39N3.Pt/c1-2-20-42(21-3-1)59(55-34-12-15-37-62-55)58(43-22-18-24-45(40-43)60(56-35-13-16-38-63-56)51-30-8-4-26-47(51)48-27-5-9-31-52(48)60)44-23-19-25-46(41-44)61(57-36-14-17-39-64-57)53-32-10-6-28-49(53)50-29-7-11-33-54(50)61;/h1-39H;/q-2;+2. The zero-order chi connectivity index (χ0) is 42.5. The molecule has 0 saturated heterocycles. The van der Waals surface area contributed by atoms with E-state index in [4.69, 9.17) is 15.0 Å². The third-order valence-corrected chi connectivity index (χ3v) is 13.2. The minimum absolute atomic E-state index is 0. The Labute approximate surface area is 394 Å². The van der Waals surface area contributed by atoms with Crippen molar-refractivity contribution in [1.29, 1.82) is 0 Å². The Hall–Kier alpha value is -7.58. The van der Waals surface area contributed by atoms with Gasteiger partial charge in [-0.15, -0.1) is 76.4 Å². The molecule has 4 heteroatoms. The zero-order valence-corrected chi connectivity index (χ0v) is 37.4. The first-order chi connectivity index (χ1) is 31.8. The van der Waals surface area contributed by atoms with E-state index in [1.165, 1.54) is 44.5 Å². The Bertz CT molecular complexity index is 3070. The van der Waals surface area contributed by atoms with Crippen LogP contribution in [0.3, 0.4) is 0 Å². The van der Waals surface area contributed by atoms with Gasteiger partial charge in [-0.2, -0.15) is 0 Å². The van der Waals surface area contributed by atoms with Gasteiger partial charge in [0.05, 0.1) is 27.9 Å². The molecule has 3 aromatic heterocycles. The van der Waals surface area contributed by atoms with Gasteiger partial charge < -0.3 is 0 Å². The molecule has 10 aromatic rings. The van der Waals surface area contributed by atoms with E-state index < -0.39 is 10.8 Å². The number of pyridine rings is 3. The maximum atomic E-state index is 5.14. The molecule has 0 atom stereocenters. The fourth-order valence-electron chi connectivity index (χ4n) is 10.7. The van der Waals surface area contributed by atoms with Crippen molar-refractivity contribution < 1.29 is 21.1 Å². The third kappa shape index (κ3) is 6.18. The molecule has 0 N–H and O–H groups in total. The molecule has 2 aliphatic carbocycles. The van der Waals surface area contributed by atoms with E-state index in [1.807, 2.05) is 36.8 Å². The Morgan fingerprint density at radius 2 is 0.708 bits per heavy atom. The Morgan fingerprint density at radius 1 is 0.323 bits per heavy atom. The zero-order valence-electron chi connectivity index (χ0n) is 35.2. The summed E-state index contributed by atoms with van der Waals surface area (Å²) in [6, 6.07) is 85.8. The molecular weight excluding hydrogens is 970 g/mol. The van der Waals surface area contributed by atoms with Crippen LogP contribution in [0.5, 0.6) is 0 Å². The van der Waals surface area contributed by atoms with Gasteiger partial charge in [0.1, 0.15) is 0 Å². The Morgan fingerprint density at radius 3 is 1.11 bits per heavy atom. The largest absolute Gasteiger partial charge is 2.00 e. The van der Waals surface area contributed by atoms with Crippen LogP contribution in [0, 0.1) is 12.1 Å². The maximum Gasteiger partial charge on any atom is 2.00 e. The molecule has 0 saturated carbocycles. The molecule has 308 valence electrons. The van der Waals surface area contributed by atoms with Crippen molar-refractivity contribution in [3.63, 3.8) is 0 Å². The second kappa shape index (κ2) is 16.5. The minimum atomic E-state index is -0.737. The summed E-state index contributed by atoms with van der Waals surface area (Å²) in [5.41, 5.74) is 17.7. The van der Waals surface area contributed by atoms with E-state index in [0.29, 0.717) is 0 Å². The molecule has 3 heterocycles. The Kier molecular flexibility index (Phi) is 10.2. The van der Waals surface area contributed by atoms with Crippen LogP contribution < -0.4 is 0 Å². The van der Waals surface area contributed by atoms with Gasteiger partial charge in [0.25, 0.3) is 0 Å². The topological polar surface area (TPSA) is 38.7 Å². The van der Waals surface area contributed by atoms with Gasteiger partial charge in [-0.25, -0.2) is 0 Å². The molecule has 0 bridgehead atoms. The monoisotopic (exact) mass is 1010 g/mol. The fourth-order valence-corrected chi connectivity index (χ4v) is 10.7. The molecule has 65 heavy (non-hydrogen) atoms. The summed E-state index contributed by atoms with van der Waals surface area (Å²) in [6.07, 6.45) is 5.68. The predicted molar refractivity (Wildman–Crippen MR) is 256 cm³/mol. The summed E-state index contributed by atoms with van der Waals surface area (Å²) >= 11 is 0. The van der Waals surface area contributed by atoms with Crippen LogP contribution in [0.15, 0.2) is 237 Å². The van der Waals surface area contributed by atoms with Gasteiger partial charge in [0, 0.05) is 18.6 Å². The molecule has 3 nitrogen and oxygen atoms in total. The molecule has 0 unspecified atom stereocenters. The smallest absolute Gasteiger partial charge is 0.260 e. The van der Waals surface area contributed by atoms with Crippen molar-refractivity contribution in [1.82, 2.24) is 15.0 Å². The molecule has 0 radical (unpaired) electrons. The summed E-state index contributed by atoms with van der Waals surface area (Å²) in [7, 11) is 0. The quantitative estimate of drug-likeness (QED) is 0.112. The summed E-state index contributed by atoms with van der Waals surface area (Å²) in [6.45, 7) is 0. The summed E-state index contributed by atoms with van der Waals surface area (Å²) < 4.78 is 0. The van der Waals surface area contributed by atoms with Crippen LogP contribution in [0.1, 0.15) is 67.2 Å². The van der Waals surface area contributed by atoms with Crippen LogP contribution in [0.4, 0.5) is 0 Å².